The van der Waals surface area contributed by atoms with Gasteiger partial charge in [0, 0.05) is 37.4 Å². The number of pyridine rings is 1. The minimum absolute atomic E-state index is 0.135. The number of amides is 1. The fourth-order valence-corrected chi connectivity index (χ4v) is 1.85. The topological polar surface area (TPSA) is 71.2 Å². The molecule has 0 aliphatic heterocycles. The van der Waals surface area contributed by atoms with Crippen LogP contribution in [-0.2, 0) is 4.74 Å². The molecular weight excluding hydrogens is 244 g/mol. The Morgan fingerprint density at radius 3 is 2.95 bits per heavy atom. The summed E-state index contributed by atoms with van der Waals surface area (Å²) in [5.41, 5.74) is 0.609. The zero-order valence-corrected chi connectivity index (χ0v) is 10.7. The molecular formula is C14H16N2O3. The minimum Gasteiger partial charge on any atom is -0.385 e. The molecule has 100 valence electrons. The molecule has 19 heavy (non-hydrogen) atoms. The lowest BCUT2D eigenvalue weighted by molar-refractivity contribution is 0.0947. The van der Waals surface area contributed by atoms with Crippen LogP contribution in [-0.4, -0.2) is 31.2 Å². The first-order valence-electron chi connectivity index (χ1n) is 6.11. The number of methoxy groups -OCH3 is 1. The zero-order chi connectivity index (χ0) is 13.7. The molecule has 1 aromatic heterocycles. The lowest BCUT2D eigenvalue weighted by atomic mass is 10.1. The van der Waals surface area contributed by atoms with Crippen LogP contribution in [0.5, 0.6) is 0 Å². The van der Waals surface area contributed by atoms with Crippen molar-refractivity contribution in [2.24, 2.45) is 0 Å². The third-order valence-electron chi connectivity index (χ3n) is 2.84. The smallest absolute Gasteiger partial charge is 0.256 e. The molecule has 5 heteroatoms. The van der Waals surface area contributed by atoms with Crippen molar-refractivity contribution in [2.75, 3.05) is 20.3 Å². The molecule has 0 atom stereocenters. The quantitative estimate of drug-likeness (QED) is 0.796. The SMILES string of the molecule is COCCCNC(=O)c1c[nH]c2ccccc2c1=O. The fraction of sp³-hybridized carbons (Fsp3) is 0.286. The highest BCUT2D eigenvalue weighted by molar-refractivity contribution is 5.97. The van der Waals surface area contributed by atoms with Crippen molar-refractivity contribution in [1.82, 2.24) is 10.3 Å². The summed E-state index contributed by atoms with van der Waals surface area (Å²) < 4.78 is 4.89. The fourth-order valence-electron chi connectivity index (χ4n) is 1.85. The molecule has 2 aromatic rings. The lowest BCUT2D eigenvalue weighted by Crippen LogP contribution is -2.30. The second kappa shape index (κ2) is 6.15. The number of aromatic nitrogens is 1. The minimum atomic E-state index is -0.358. The van der Waals surface area contributed by atoms with E-state index in [1.165, 1.54) is 6.20 Å². The van der Waals surface area contributed by atoms with Crippen LogP contribution >= 0.6 is 0 Å². The Kier molecular flexibility index (Phi) is 4.30. The molecule has 0 unspecified atom stereocenters. The van der Waals surface area contributed by atoms with Gasteiger partial charge in [-0.3, -0.25) is 9.59 Å². The van der Waals surface area contributed by atoms with E-state index in [4.69, 9.17) is 4.74 Å². The van der Waals surface area contributed by atoms with Crippen molar-refractivity contribution >= 4 is 16.8 Å². The predicted octanol–water partition coefficient (Wildman–Crippen LogP) is 1.29. The number of para-hydroxylation sites is 1. The van der Waals surface area contributed by atoms with Crippen LogP contribution in [0.3, 0.4) is 0 Å². The highest BCUT2D eigenvalue weighted by Crippen LogP contribution is 2.06. The van der Waals surface area contributed by atoms with E-state index >= 15 is 0 Å². The van der Waals surface area contributed by atoms with Crippen molar-refractivity contribution in [2.45, 2.75) is 6.42 Å². The van der Waals surface area contributed by atoms with Crippen LogP contribution in [0.25, 0.3) is 10.9 Å². The number of benzene rings is 1. The van der Waals surface area contributed by atoms with Gasteiger partial charge >= 0.3 is 0 Å². The average molecular weight is 260 g/mol. The number of nitrogens with one attached hydrogen (secondary N) is 2. The third-order valence-corrected chi connectivity index (χ3v) is 2.84. The number of hydrogen-bond donors (Lipinski definition) is 2. The first-order valence-corrected chi connectivity index (χ1v) is 6.11. The van der Waals surface area contributed by atoms with E-state index in [2.05, 4.69) is 10.3 Å². The molecule has 0 saturated heterocycles. The van der Waals surface area contributed by atoms with E-state index in [0.717, 1.165) is 5.52 Å². The molecule has 0 bridgehead atoms. The average Bonchev–Trinajstić information content (AvgIpc) is 2.44. The molecule has 0 saturated carbocycles. The van der Waals surface area contributed by atoms with Gasteiger partial charge in [0.25, 0.3) is 5.91 Å². The van der Waals surface area contributed by atoms with Gasteiger partial charge < -0.3 is 15.0 Å². The largest absolute Gasteiger partial charge is 0.385 e. The standard InChI is InChI=1S/C14H16N2O3/c1-19-8-4-7-15-14(18)11-9-16-12-6-3-2-5-10(12)13(11)17/h2-3,5-6,9H,4,7-8H2,1H3,(H,15,18)(H,16,17). The molecule has 5 nitrogen and oxygen atoms in total. The number of fused-ring (bicyclic) bond motifs is 1. The number of hydrogen-bond acceptors (Lipinski definition) is 3. The normalized spacial score (nSPS) is 10.6. The first-order chi connectivity index (χ1) is 9.24. The molecule has 1 amide bonds. The van der Waals surface area contributed by atoms with E-state index in [1.807, 2.05) is 6.07 Å². The van der Waals surface area contributed by atoms with Gasteiger partial charge in [-0.05, 0) is 18.6 Å². The molecule has 0 fully saturated rings. The van der Waals surface area contributed by atoms with Gasteiger partial charge in [-0.15, -0.1) is 0 Å². The van der Waals surface area contributed by atoms with Crippen molar-refractivity contribution in [3.63, 3.8) is 0 Å². The van der Waals surface area contributed by atoms with Crippen molar-refractivity contribution in [1.29, 1.82) is 0 Å². The maximum Gasteiger partial charge on any atom is 0.256 e. The summed E-state index contributed by atoms with van der Waals surface area (Å²) in [6.07, 6.45) is 2.17. The van der Waals surface area contributed by atoms with Gasteiger partial charge in [0.15, 0.2) is 0 Å². The maximum absolute atomic E-state index is 12.2. The van der Waals surface area contributed by atoms with Gasteiger partial charge in [0.1, 0.15) is 5.56 Å². The second-order valence-corrected chi connectivity index (χ2v) is 4.18. The maximum atomic E-state index is 12.2. The van der Waals surface area contributed by atoms with Crippen molar-refractivity contribution in [3.8, 4) is 0 Å². The van der Waals surface area contributed by atoms with Gasteiger partial charge in [-0.25, -0.2) is 0 Å². The van der Waals surface area contributed by atoms with Crippen molar-refractivity contribution < 1.29 is 9.53 Å². The number of carbonyl (C=O) groups is 1. The molecule has 0 spiro atoms. The van der Waals surface area contributed by atoms with E-state index in [1.54, 1.807) is 25.3 Å². The monoisotopic (exact) mass is 260 g/mol. The number of aromatic amines is 1. The summed E-state index contributed by atoms with van der Waals surface area (Å²) in [5, 5.41) is 3.22. The summed E-state index contributed by atoms with van der Waals surface area (Å²) in [4.78, 5) is 27.0. The summed E-state index contributed by atoms with van der Waals surface area (Å²) in [6.45, 7) is 1.06. The van der Waals surface area contributed by atoms with E-state index in [0.29, 0.717) is 25.0 Å². The van der Waals surface area contributed by atoms with Crippen LogP contribution in [0.15, 0.2) is 35.3 Å². The van der Waals surface area contributed by atoms with Crippen LogP contribution in [0.1, 0.15) is 16.8 Å². The highest BCUT2D eigenvalue weighted by atomic mass is 16.5. The van der Waals surface area contributed by atoms with Crippen LogP contribution < -0.4 is 10.7 Å². The Bertz CT molecular complexity index is 634. The molecule has 2 N–H and O–H groups in total. The number of ether oxygens (including phenoxy) is 1. The van der Waals surface area contributed by atoms with Gasteiger partial charge in [-0.2, -0.15) is 0 Å². The van der Waals surface area contributed by atoms with Gasteiger partial charge in [0.05, 0.1) is 0 Å². The van der Waals surface area contributed by atoms with Gasteiger partial charge in [-0.1, -0.05) is 12.1 Å². The van der Waals surface area contributed by atoms with E-state index < -0.39 is 0 Å². The third kappa shape index (κ3) is 3.00. The summed E-state index contributed by atoms with van der Waals surface area (Å²) in [7, 11) is 1.61. The lowest BCUT2D eigenvalue weighted by Gasteiger charge is -2.05. The van der Waals surface area contributed by atoms with Crippen LogP contribution in [0, 0.1) is 0 Å². The Morgan fingerprint density at radius 1 is 1.37 bits per heavy atom. The number of rotatable bonds is 5. The molecule has 0 aliphatic carbocycles. The summed E-state index contributed by atoms with van der Waals surface area (Å²) >= 11 is 0. The zero-order valence-electron chi connectivity index (χ0n) is 10.7. The Morgan fingerprint density at radius 2 is 2.16 bits per heavy atom. The Hall–Kier alpha value is -2.14. The molecule has 1 aromatic carbocycles. The first kappa shape index (κ1) is 13.3. The molecule has 2 rings (SSSR count). The van der Waals surface area contributed by atoms with E-state index in [-0.39, 0.29) is 16.9 Å². The molecule has 0 aliphatic rings. The molecule has 0 radical (unpaired) electrons. The van der Waals surface area contributed by atoms with E-state index in [9.17, 15) is 9.59 Å². The molecule has 1 heterocycles. The Labute approximate surface area is 110 Å². The van der Waals surface area contributed by atoms with Crippen LogP contribution in [0.2, 0.25) is 0 Å². The predicted molar refractivity (Wildman–Crippen MR) is 73.4 cm³/mol. The summed E-state index contributed by atoms with van der Waals surface area (Å²) in [5.74, 6) is -0.358. The number of H-pyrrole nitrogens is 1. The van der Waals surface area contributed by atoms with Crippen molar-refractivity contribution in [3.05, 3.63) is 46.2 Å². The second-order valence-electron chi connectivity index (χ2n) is 4.18. The highest BCUT2D eigenvalue weighted by Gasteiger charge is 2.11. The summed E-state index contributed by atoms with van der Waals surface area (Å²) in [6, 6.07) is 7.12. The number of carbonyl (C=O) groups excluding carboxylic acids is 1. The Balaban J connectivity index is 2.18. The van der Waals surface area contributed by atoms with Gasteiger partial charge in [0.2, 0.25) is 5.43 Å². The van der Waals surface area contributed by atoms with Crippen LogP contribution in [0.4, 0.5) is 0 Å².